The van der Waals surface area contributed by atoms with Crippen LogP contribution in [0.15, 0.2) is 41.3 Å². The highest BCUT2D eigenvalue weighted by atomic mass is 16.1. The van der Waals surface area contributed by atoms with Gasteiger partial charge in [0.1, 0.15) is 0 Å². The number of carbonyl (C=O) groups is 1. The van der Waals surface area contributed by atoms with Gasteiger partial charge in [-0.15, -0.1) is 0 Å². The second-order valence-corrected chi connectivity index (χ2v) is 6.90. The molecule has 0 unspecified atom stereocenters. The van der Waals surface area contributed by atoms with Crippen molar-refractivity contribution < 1.29 is 4.79 Å². The molecule has 4 rings (SSSR count). The molecule has 116 valence electrons. The third-order valence-electron chi connectivity index (χ3n) is 4.43. The van der Waals surface area contributed by atoms with Gasteiger partial charge in [-0.05, 0) is 29.5 Å². The van der Waals surface area contributed by atoms with E-state index in [9.17, 15) is 9.59 Å². The lowest BCUT2D eigenvalue weighted by Gasteiger charge is -2.29. The van der Waals surface area contributed by atoms with Crippen molar-refractivity contribution in [2.75, 3.05) is 0 Å². The van der Waals surface area contributed by atoms with Gasteiger partial charge in [-0.25, -0.2) is 9.67 Å². The van der Waals surface area contributed by atoms with Crippen LogP contribution < -0.4 is 5.56 Å². The fraction of sp³-hybridized carbons (Fsp3) is 0.278. The molecule has 0 saturated carbocycles. The van der Waals surface area contributed by atoms with E-state index >= 15 is 0 Å². The number of rotatable bonds is 1. The Morgan fingerprint density at radius 3 is 2.61 bits per heavy atom. The lowest BCUT2D eigenvalue weighted by Crippen LogP contribution is -2.28. The molecule has 0 bridgehead atoms. The number of fused-ring (bicyclic) bond motifs is 3. The highest BCUT2D eigenvalue weighted by molar-refractivity contribution is 6.02. The van der Waals surface area contributed by atoms with Gasteiger partial charge in [0.2, 0.25) is 0 Å². The van der Waals surface area contributed by atoms with Gasteiger partial charge in [-0.2, -0.15) is 0 Å². The van der Waals surface area contributed by atoms with Crippen LogP contribution in [0.2, 0.25) is 0 Å². The number of para-hydroxylation sites is 1. The number of nitrogens with one attached hydrogen (secondary N) is 1. The summed E-state index contributed by atoms with van der Waals surface area (Å²) in [4.78, 5) is 29.6. The molecule has 0 atom stereocenters. The Kier molecular flexibility index (Phi) is 2.82. The first-order chi connectivity index (χ1) is 11.0. The van der Waals surface area contributed by atoms with Gasteiger partial charge >= 0.3 is 0 Å². The second-order valence-electron chi connectivity index (χ2n) is 6.90. The fourth-order valence-electron chi connectivity index (χ4n) is 3.39. The number of ketones is 1. The van der Waals surface area contributed by atoms with Crippen molar-refractivity contribution in [2.24, 2.45) is 5.41 Å². The summed E-state index contributed by atoms with van der Waals surface area (Å²) in [6.45, 7) is 4.12. The minimum absolute atomic E-state index is 0.0671. The molecular formula is C18H17N3O2. The Balaban J connectivity index is 2.02. The molecule has 5 nitrogen and oxygen atoms in total. The zero-order chi connectivity index (χ0) is 16.2. The van der Waals surface area contributed by atoms with Gasteiger partial charge < -0.3 is 0 Å². The van der Waals surface area contributed by atoms with Crippen LogP contribution in [0.3, 0.4) is 0 Å². The molecule has 1 aromatic carbocycles. The minimum atomic E-state index is -0.152. The molecule has 2 aromatic heterocycles. The van der Waals surface area contributed by atoms with Crippen molar-refractivity contribution >= 4 is 16.8 Å². The van der Waals surface area contributed by atoms with Crippen molar-refractivity contribution in [1.29, 1.82) is 0 Å². The van der Waals surface area contributed by atoms with Crippen molar-refractivity contribution in [1.82, 2.24) is 14.8 Å². The molecule has 0 saturated heterocycles. The average Bonchev–Trinajstić information content (AvgIpc) is 2.84. The fourth-order valence-corrected chi connectivity index (χ4v) is 3.39. The average molecular weight is 307 g/mol. The van der Waals surface area contributed by atoms with Gasteiger partial charge in [0.15, 0.2) is 11.4 Å². The van der Waals surface area contributed by atoms with Crippen LogP contribution in [0.25, 0.3) is 16.7 Å². The van der Waals surface area contributed by atoms with Crippen LogP contribution in [0.5, 0.6) is 0 Å². The Hall–Kier alpha value is -2.69. The van der Waals surface area contributed by atoms with E-state index in [4.69, 9.17) is 0 Å². The molecule has 1 N–H and O–H groups in total. The summed E-state index contributed by atoms with van der Waals surface area (Å²) in [7, 11) is 0. The summed E-state index contributed by atoms with van der Waals surface area (Å²) in [5.41, 5.74) is 2.41. The summed E-state index contributed by atoms with van der Waals surface area (Å²) >= 11 is 0. The lowest BCUT2D eigenvalue weighted by atomic mass is 9.73. The Morgan fingerprint density at radius 2 is 1.87 bits per heavy atom. The summed E-state index contributed by atoms with van der Waals surface area (Å²) < 4.78 is 1.49. The number of benzene rings is 1. The van der Waals surface area contributed by atoms with E-state index in [0.717, 1.165) is 11.3 Å². The summed E-state index contributed by atoms with van der Waals surface area (Å²) in [6.07, 6.45) is 2.79. The summed E-state index contributed by atoms with van der Waals surface area (Å²) in [5, 5.41) is 3.59. The molecule has 5 heteroatoms. The third kappa shape index (κ3) is 2.11. The van der Waals surface area contributed by atoms with E-state index in [1.807, 2.05) is 30.3 Å². The van der Waals surface area contributed by atoms with Crippen LogP contribution in [0, 0.1) is 5.41 Å². The maximum absolute atomic E-state index is 12.9. The molecule has 23 heavy (non-hydrogen) atoms. The molecule has 1 aliphatic rings. The van der Waals surface area contributed by atoms with Crippen LogP contribution in [0.1, 0.15) is 36.2 Å². The first-order valence-corrected chi connectivity index (χ1v) is 7.67. The number of H-pyrrole nitrogens is 1. The van der Waals surface area contributed by atoms with Crippen LogP contribution in [0.4, 0.5) is 0 Å². The predicted molar refractivity (Wildman–Crippen MR) is 88.1 cm³/mol. The van der Waals surface area contributed by atoms with Gasteiger partial charge in [0.05, 0.1) is 11.1 Å². The molecule has 0 spiro atoms. The van der Waals surface area contributed by atoms with E-state index in [1.54, 1.807) is 6.20 Å². The number of carbonyl (C=O) groups excluding carboxylic acids is 1. The minimum Gasteiger partial charge on any atom is -0.294 e. The monoisotopic (exact) mass is 307 g/mol. The summed E-state index contributed by atoms with van der Waals surface area (Å²) in [5.74, 6) is 0.0671. The molecule has 0 amide bonds. The van der Waals surface area contributed by atoms with E-state index in [0.29, 0.717) is 29.4 Å². The molecule has 2 heterocycles. The van der Waals surface area contributed by atoms with Gasteiger partial charge in [-0.1, -0.05) is 32.0 Å². The topological polar surface area (TPSA) is 67.8 Å². The first kappa shape index (κ1) is 13.9. The smallest absolute Gasteiger partial charge is 0.281 e. The summed E-state index contributed by atoms with van der Waals surface area (Å²) in [6, 6.07) is 9.38. The highest BCUT2D eigenvalue weighted by Gasteiger charge is 2.33. The zero-order valence-corrected chi connectivity index (χ0v) is 13.1. The number of hydrogen-bond donors (Lipinski definition) is 1. The lowest BCUT2D eigenvalue weighted by molar-refractivity contribution is 0.0912. The Bertz CT molecular complexity index is 981. The van der Waals surface area contributed by atoms with Crippen molar-refractivity contribution in [3.8, 4) is 5.69 Å². The van der Waals surface area contributed by atoms with Crippen molar-refractivity contribution in [3.05, 3.63) is 58.0 Å². The standard InChI is InChI=1S/C18H17N3O2/c1-18(2)8-12-13(14(22)9-18)10-19-16-15(12)17(23)21(20-16)11-6-4-3-5-7-11/h3-7,10H,8-9H2,1-2H3,(H,19,20). The zero-order valence-electron chi connectivity index (χ0n) is 13.1. The Morgan fingerprint density at radius 1 is 1.13 bits per heavy atom. The highest BCUT2D eigenvalue weighted by Crippen LogP contribution is 2.36. The largest absolute Gasteiger partial charge is 0.294 e. The first-order valence-electron chi connectivity index (χ1n) is 7.67. The SMILES string of the molecule is CC1(C)CC(=O)c2cnc3[nH]n(-c4ccccc4)c(=O)c3c2C1. The molecular weight excluding hydrogens is 290 g/mol. The molecule has 0 radical (unpaired) electrons. The number of nitrogens with zero attached hydrogens (tertiary/aromatic N) is 2. The van der Waals surface area contributed by atoms with Crippen LogP contribution in [-0.4, -0.2) is 20.5 Å². The van der Waals surface area contributed by atoms with E-state index in [2.05, 4.69) is 23.9 Å². The predicted octanol–water partition coefficient (Wildman–Crippen LogP) is 2.87. The number of aromatic nitrogens is 3. The third-order valence-corrected chi connectivity index (χ3v) is 4.43. The molecule has 3 aromatic rings. The number of hydrogen-bond acceptors (Lipinski definition) is 3. The quantitative estimate of drug-likeness (QED) is 0.751. The van der Waals surface area contributed by atoms with E-state index < -0.39 is 0 Å². The normalized spacial score (nSPS) is 16.5. The molecule has 0 fully saturated rings. The maximum atomic E-state index is 12.9. The van der Waals surface area contributed by atoms with Crippen molar-refractivity contribution in [2.45, 2.75) is 26.7 Å². The molecule has 0 aliphatic heterocycles. The number of pyridine rings is 1. The molecule has 1 aliphatic carbocycles. The second kappa shape index (κ2) is 4.65. The maximum Gasteiger partial charge on any atom is 0.281 e. The van der Waals surface area contributed by atoms with E-state index in [-0.39, 0.29) is 16.8 Å². The van der Waals surface area contributed by atoms with Gasteiger partial charge in [0.25, 0.3) is 5.56 Å². The Labute approximate surface area is 133 Å². The number of aromatic amines is 1. The van der Waals surface area contributed by atoms with Crippen molar-refractivity contribution in [3.63, 3.8) is 0 Å². The number of Topliss-reactive ketones (excluding diaryl/α,β-unsaturated/α-hetero) is 1. The van der Waals surface area contributed by atoms with Crippen LogP contribution >= 0.6 is 0 Å². The van der Waals surface area contributed by atoms with Gasteiger partial charge in [0, 0.05) is 18.2 Å². The van der Waals surface area contributed by atoms with E-state index in [1.165, 1.54) is 4.68 Å². The van der Waals surface area contributed by atoms with Crippen LogP contribution in [-0.2, 0) is 6.42 Å². The van der Waals surface area contributed by atoms with Gasteiger partial charge in [-0.3, -0.25) is 14.7 Å².